The van der Waals surface area contributed by atoms with Gasteiger partial charge < -0.3 is 15.0 Å². The third-order valence-corrected chi connectivity index (χ3v) is 3.63. The summed E-state index contributed by atoms with van der Waals surface area (Å²) < 4.78 is 5.50. The van der Waals surface area contributed by atoms with Crippen molar-refractivity contribution in [3.05, 3.63) is 53.6 Å². The summed E-state index contributed by atoms with van der Waals surface area (Å²) in [6, 6.07) is 15.4. The first-order valence-electron chi connectivity index (χ1n) is 7.96. The molecule has 2 aromatic carbocycles. The number of nitrogens with one attached hydrogen (secondary N) is 1. The van der Waals surface area contributed by atoms with Gasteiger partial charge in [0.2, 0.25) is 6.41 Å². The van der Waals surface area contributed by atoms with E-state index in [1.165, 1.54) is 0 Å². The van der Waals surface area contributed by atoms with E-state index in [1.807, 2.05) is 56.3 Å². The monoisotopic (exact) mass is 335 g/mol. The molecule has 0 radical (unpaired) electrons. The summed E-state index contributed by atoms with van der Waals surface area (Å²) in [5.41, 5.74) is 3.74. The summed E-state index contributed by atoms with van der Waals surface area (Å²) in [5.74, 6) is 0.596. The van der Waals surface area contributed by atoms with Crippen molar-refractivity contribution in [3.63, 3.8) is 0 Å². The number of ether oxygens (including phenoxy) is 1. The highest BCUT2D eigenvalue weighted by Crippen LogP contribution is 2.30. The van der Waals surface area contributed by atoms with Crippen molar-refractivity contribution >= 4 is 29.4 Å². The van der Waals surface area contributed by atoms with E-state index in [-0.39, 0.29) is 0 Å². The SMILES string of the molecule is CCOc1ccc(/C=C(\C#N)c2ccccc2N(C)C)cc1NC=O. The van der Waals surface area contributed by atoms with Crippen molar-refractivity contribution in [2.24, 2.45) is 0 Å². The average Bonchev–Trinajstić information content (AvgIpc) is 2.62. The lowest BCUT2D eigenvalue weighted by atomic mass is 10.0. The van der Waals surface area contributed by atoms with Gasteiger partial charge in [-0.1, -0.05) is 24.3 Å². The van der Waals surface area contributed by atoms with Gasteiger partial charge in [0.05, 0.1) is 23.9 Å². The number of allylic oxidation sites excluding steroid dienone is 1. The lowest BCUT2D eigenvalue weighted by Crippen LogP contribution is -2.10. The van der Waals surface area contributed by atoms with E-state index in [9.17, 15) is 10.1 Å². The molecule has 0 heterocycles. The van der Waals surface area contributed by atoms with Gasteiger partial charge >= 0.3 is 0 Å². The second kappa shape index (κ2) is 8.55. The van der Waals surface area contributed by atoms with Gasteiger partial charge in [-0.2, -0.15) is 5.26 Å². The Bertz CT molecular complexity index is 820. The van der Waals surface area contributed by atoms with Gasteiger partial charge in [0.25, 0.3) is 0 Å². The number of nitrogens with zero attached hydrogens (tertiary/aromatic N) is 2. The maximum absolute atomic E-state index is 10.8. The molecule has 128 valence electrons. The lowest BCUT2D eigenvalue weighted by Gasteiger charge is -2.17. The fourth-order valence-corrected chi connectivity index (χ4v) is 2.52. The Morgan fingerprint density at radius 2 is 2.04 bits per heavy atom. The van der Waals surface area contributed by atoms with E-state index in [0.29, 0.717) is 30.0 Å². The molecule has 0 unspecified atom stereocenters. The van der Waals surface area contributed by atoms with Crippen LogP contribution in [0.1, 0.15) is 18.1 Å². The Morgan fingerprint density at radius 3 is 2.68 bits per heavy atom. The molecule has 0 fully saturated rings. The minimum Gasteiger partial charge on any atom is -0.492 e. The quantitative estimate of drug-likeness (QED) is 0.475. The van der Waals surface area contributed by atoms with E-state index in [4.69, 9.17) is 4.74 Å². The van der Waals surface area contributed by atoms with Crippen molar-refractivity contribution in [2.75, 3.05) is 30.9 Å². The Labute approximate surface area is 148 Å². The molecule has 25 heavy (non-hydrogen) atoms. The van der Waals surface area contributed by atoms with Gasteiger partial charge in [-0.25, -0.2) is 0 Å². The summed E-state index contributed by atoms with van der Waals surface area (Å²) in [5, 5.41) is 12.3. The van der Waals surface area contributed by atoms with Crippen LogP contribution in [-0.4, -0.2) is 27.1 Å². The summed E-state index contributed by atoms with van der Waals surface area (Å²) in [6.45, 7) is 2.38. The highest BCUT2D eigenvalue weighted by atomic mass is 16.5. The van der Waals surface area contributed by atoms with Crippen molar-refractivity contribution in [2.45, 2.75) is 6.92 Å². The third kappa shape index (κ3) is 4.39. The maximum Gasteiger partial charge on any atom is 0.211 e. The van der Waals surface area contributed by atoms with Crippen LogP contribution < -0.4 is 15.0 Å². The molecular formula is C20H21N3O2. The normalized spacial score (nSPS) is 10.7. The van der Waals surface area contributed by atoms with Crippen LogP contribution in [0.5, 0.6) is 5.75 Å². The van der Waals surface area contributed by atoms with Gasteiger partial charge in [0, 0.05) is 25.3 Å². The van der Waals surface area contributed by atoms with E-state index in [2.05, 4.69) is 11.4 Å². The Hall–Kier alpha value is -3.26. The number of nitriles is 1. The summed E-state index contributed by atoms with van der Waals surface area (Å²) in [7, 11) is 3.88. The smallest absolute Gasteiger partial charge is 0.211 e. The molecule has 2 aromatic rings. The Kier molecular flexibility index (Phi) is 6.19. The van der Waals surface area contributed by atoms with E-state index in [1.54, 1.807) is 18.2 Å². The van der Waals surface area contributed by atoms with Gasteiger partial charge in [-0.05, 0) is 36.8 Å². The van der Waals surface area contributed by atoms with Gasteiger partial charge in [0.1, 0.15) is 5.75 Å². The zero-order valence-corrected chi connectivity index (χ0v) is 14.6. The van der Waals surface area contributed by atoms with Crippen LogP contribution in [0.15, 0.2) is 42.5 Å². The van der Waals surface area contributed by atoms with Crippen LogP contribution in [0.4, 0.5) is 11.4 Å². The zero-order valence-electron chi connectivity index (χ0n) is 14.6. The highest BCUT2D eigenvalue weighted by molar-refractivity contribution is 5.94. The van der Waals surface area contributed by atoms with Crippen LogP contribution in [-0.2, 0) is 4.79 Å². The number of para-hydroxylation sites is 1. The van der Waals surface area contributed by atoms with Gasteiger partial charge in [0.15, 0.2) is 0 Å². The first-order valence-corrected chi connectivity index (χ1v) is 7.96. The second-order valence-corrected chi connectivity index (χ2v) is 5.53. The third-order valence-electron chi connectivity index (χ3n) is 3.63. The van der Waals surface area contributed by atoms with Crippen molar-refractivity contribution < 1.29 is 9.53 Å². The van der Waals surface area contributed by atoms with Crippen LogP contribution in [0.25, 0.3) is 11.6 Å². The largest absolute Gasteiger partial charge is 0.492 e. The minimum absolute atomic E-state index is 0.502. The molecule has 0 spiro atoms. The Morgan fingerprint density at radius 1 is 1.28 bits per heavy atom. The van der Waals surface area contributed by atoms with Crippen molar-refractivity contribution in [3.8, 4) is 11.8 Å². The molecule has 0 aromatic heterocycles. The molecule has 0 aliphatic rings. The second-order valence-electron chi connectivity index (χ2n) is 5.53. The number of carbonyl (C=O) groups is 1. The summed E-state index contributed by atoms with van der Waals surface area (Å²) >= 11 is 0. The van der Waals surface area contributed by atoms with E-state index < -0.39 is 0 Å². The molecule has 0 atom stereocenters. The lowest BCUT2D eigenvalue weighted by molar-refractivity contribution is -0.105. The van der Waals surface area contributed by atoms with Crippen molar-refractivity contribution in [1.82, 2.24) is 0 Å². The zero-order chi connectivity index (χ0) is 18.2. The number of hydrogen-bond donors (Lipinski definition) is 1. The number of carbonyl (C=O) groups excluding carboxylic acids is 1. The number of hydrogen-bond acceptors (Lipinski definition) is 4. The van der Waals surface area contributed by atoms with E-state index >= 15 is 0 Å². The number of benzene rings is 2. The Balaban J connectivity index is 2.49. The topological polar surface area (TPSA) is 65.4 Å². The molecule has 5 nitrogen and oxygen atoms in total. The number of rotatable bonds is 7. The molecule has 0 saturated carbocycles. The standard InChI is InChI=1S/C20H21N3O2/c1-4-25-20-10-9-15(12-18(20)22-14-24)11-16(13-21)17-7-5-6-8-19(17)23(2)3/h5-12,14H,4H2,1-3H3,(H,22,24)/b16-11+. The summed E-state index contributed by atoms with van der Waals surface area (Å²) in [6.07, 6.45) is 2.41. The molecule has 0 aliphatic carbocycles. The molecule has 0 saturated heterocycles. The first-order chi connectivity index (χ1) is 12.1. The summed E-state index contributed by atoms with van der Waals surface area (Å²) in [4.78, 5) is 12.8. The first kappa shape index (κ1) is 18.1. The molecule has 1 amide bonds. The molecule has 0 aliphatic heterocycles. The minimum atomic E-state index is 0.502. The maximum atomic E-state index is 10.8. The van der Waals surface area contributed by atoms with Crippen LogP contribution in [0.3, 0.4) is 0 Å². The van der Waals surface area contributed by atoms with Crippen LogP contribution in [0.2, 0.25) is 0 Å². The average molecular weight is 335 g/mol. The molecule has 2 rings (SSSR count). The fourth-order valence-electron chi connectivity index (χ4n) is 2.52. The van der Waals surface area contributed by atoms with E-state index in [0.717, 1.165) is 16.8 Å². The van der Waals surface area contributed by atoms with Crippen molar-refractivity contribution in [1.29, 1.82) is 5.26 Å². The molecule has 1 N–H and O–H groups in total. The number of amides is 1. The fraction of sp³-hybridized carbons (Fsp3) is 0.200. The molecule has 5 heteroatoms. The molecular weight excluding hydrogens is 314 g/mol. The van der Waals surface area contributed by atoms with Gasteiger partial charge in [-0.15, -0.1) is 0 Å². The van der Waals surface area contributed by atoms with Crippen LogP contribution >= 0.6 is 0 Å². The number of anilines is 2. The highest BCUT2D eigenvalue weighted by Gasteiger charge is 2.10. The van der Waals surface area contributed by atoms with Gasteiger partial charge in [-0.3, -0.25) is 4.79 Å². The predicted molar refractivity (Wildman–Crippen MR) is 102 cm³/mol. The molecule has 0 bridgehead atoms. The predicted octanol–water partition coefficient (Wildman–Crippen LogP) is 3.78. The van der Waals surface area contributed by atoms with Crippen LogP contribution in [0, 0.1) is 11.3 Å².